The first-order valence-electron chi connectivity index (χ1n) is 9.46. The summed E-state index contributed by atoms with van der Waals surface area (Å²) in [5, 5.41) is 3.71. The molecule has 0 saturated carbocycles. The molecule has 0 aromatic heterocycles. The Morgan fingerprint density at radius 1 is 1.27 bits per heavy atom. The lowest BCUT2D eigenvalue weighted by Crippen LogP contribution is -2.63. The van der Waals surface area contributed by atoms with E-state index in [9.17, 15) is 4.21 Å². The smallest absolute Gasteiger partial charge is 0.184 e. The average Bonchev–Trinajstić information content (AvgIpc) is 2.90. The van der Waals surface area contributed by atoms with Gasteiger partial charge < -0.3 is 5.32 Å². The first-order chi connectivity index (χ1) is 12.2. The summed E-state index contributed by atoms with van der Waals surface area (Å²) in [7, 11) is -1.70. The van der Waals surface area contributed by atoms with E-state index >= 15 is 0 Å². The largest absolute Gasteiger partial charge is 0.326 e. The molecule has 0 radical (unpaired) electrons. The van der Waals surface area contributed by atoms with Crippen LogP contribution in [0.15, 0.2) is 35.3 Å². The zero-order valence-corrected chi connectivity index (χ0v) is 18.3. The number of unbranched alkanes of at least 4 members (excludes halogenated alkanes) is 2. The number of nitrogens with zero attached hydrogens (tertiary/aromatic N) is 1. The van der Waals surface area contributed by atoms with Gasteiger partial charge in [-0.3, -0.25) is 8.93 Å². The van der Waals surface area contributed by atoms with E-state index in [-0.39, 0.29) is 5.25 Å². The van der Waals surface area contributed by atoms with Crippen molar-refractivity contribution in [2.24, 2.45) is 4.99 Å². The molecule has 1 aromatic carbocycles. The summed E-state index contributed by atoms with van der Waals surface area (Å²) in [6.07, 6.45) is 4.24. The van der Waals surface area contributed by atoms with Crippen molar-refractivity contribution in [1.29, 1.82) is 0 Å². The van der Waals surface area contributed by atoms with E-state index in [2.05, 4.69) is 23.9 Å². The predicted octanol–water partition coefficient (Wildman–Crippen LogP) is 4.18. The third-order valence-corrected chi connectivity index (χ3v) is 10.8. The van der Waals surface area contributed by atoms with E-state index in [0.717, 1.165) is 31.2 Å². The second-order valence-corrected chi connectivity index (χ2v) is 12.4. The quantitative estimate of drug-likeness (QED) is 0.513. The minimum absolute atomic E-state index is 0.0493. The van der Waals surface area contributed by atoms with Crippen molar-refractivity contribution in [3.8, 4) is 0 Å². The van der Waals surface area contributed by atoms with Crippen molar-refractivity contribution in [1.82, 2.24) is 10.0 Å². The lowest BCUT2D eigenvalue weighted by atomic mass is 10.1. The van der Waals surface area contributed by atoms with Crippen LogP contribution >= 0.6 is 12.2 Å². The molecule has 6 heteroatoms. The van der Waals surface area contributed by atoms with Crippen molar-refractivity contribution in [3.63, 3.8) is 0 Å². The summed E-state index contributed by atoms with van der Waals surface area (Å²) in [5.41, 5.74) is 0.518. The summed E-state index contributed by atoms with van der Waals surface area (Å²) < 4.78 is 18.2. The fourth-order valence-electron chi connectivity index (χ4n) is 3.40. The number of hydrogen-bond acceptors (Lipinski definition) is 3. The van der Waals surface area contributed by atoms with Gasteiger partial charge in [0.25, 0.3) is 0 Å². The van der Waals surface area contributed by atoms with Crippen LogP contribution in [0.1, 0.15) is 58.9 Å². The van der Waals surface area contributed by atoms with Crippen molar-refractivity contribution >= 4 is 31.6 Å². The van der Waals surface area contributed by atoms with E-state index in [1.807, 2.05) is 44.2 Å². The van der Waals surface area contributed by atoms with Crippen LogP contribution in [0, 0.1) is 0 Å². The number of amidine groups is 1. The minimum Gasteiger partial charge on any atom is -0.326 e. The highest BCUT2D eigenvalue weighted by molar-refractivity contribution is 8.30. The second-order valence-electron chi connectivity index (χ2n) is 7.74. The van der Waals surface area contributed by atoms with Crippen LogP contribution in [0.5, 0.6) is 0 Å². The molecule has 26 heavy (non-hydrogen) atoms. The Hall–Kier alpha value is -1.11. The molecule has 0 spiro atoms. The Balaban J connectivity index is 2.52. The van der Waals surface area contributed by atoms with E-state index < -0.39 is 14.8 Å². The van der Waals surface area contributed by atoms with Crippen LogP contribution in [0.25, 0.3) is 0 Å². The van der Waals surface area contributed by atoms with Gasteiger partial charge in [0, 0.05) is 20.3 Å². The van der Waals surface area contributed by atoms with Gasteiger partial charge in [-0.15, -0.1) is 0 Å². The Kier molecular flexibility index (Phi) is 6.41. The van der Waals surface area contributed by atoms with Gasteiger partial charge in [0.05, 0.1) is 0 Å². The molecule has 1 heterocycles. The molecular formula is C20H33N3OS2. The van der Waals surface area contributed by atoms with Gasteiger partial charge in [-0.05, 0) is 32.9 Å². The highest BCUT2D eigenvalue weighted by Crippen LogP contribution is 2.38. The molecule has 4 nitrogen and oxygen atoms in total. The number of thiocarbonyl (C=S) groups is 1. The maximum absolute atomic E-state index is 14.9. The molecule has 2 rings (SSSR count). The van der Waals surface area contributed by atoms with Crippen LogP contribution in [-0.2, 0) is 15.0 Å². The summed E-state index contributed by atoms with van der Waals surface area (Å²) in [6, 6.07) is 10.0. The lowest BCUT2D eigenvalue weighted by molar-refractivity contribution is 0.608. The lowest BCUT2D eigenvalue weighted by Gasteiger charge is -2.47. The standard InChI is InChI=1S/C20H33N3OS2/c1-6-7-9-12-16(2)26(24,21-5,15-17-13-10-8-11-14-17)19-22-18(25)20(3,4)23-19/h8,10-11,13-14,16H,6-7,9,12,15H2,1-5H3,(H,21,24)(H,22,23,25). The Morgan fingerprint density at radius 2 is 1.92 bits per heavy atom. The van der Waals surface area contributed by atoms with Gasteiger partial charge in [0.15, 0.2) is 5.17 Å². The van der Waals surface area contributed by atoms with E-state index in [1.165, 1.54) is 0 Å². The van der Waals surface area contributed by atoms with Crippen molar-refractivity contribution < 1.29 is 4.21 Å². The van der Waals surface area contributed by atoms with Crippen molar-refractivity contribution in [2.45, 2.75) is 69.9 Å². The molecule has 0 aliphatic carbocycles. The van der Waals surface area contributed by atoms with Crippen LogP contribution in [0.2, 0.25) is 0 Å². The third kappa shape index (κ3) is 3.92. The molecule has 1 atom stereocenters. The summed E-state index contributed by atoms with van der Waals surface area (Å²) in [5.74, 6) is 0.423. The number of aliphatic imine (C=N–C) groups is 1. The molecular weight excluding hydrogens is 362 g/mol. The first kappa shape index (κ1) is 21.2. The Bertz CT molecular complexity index is 743. The summed E-state index contributed by atoms with van der Waals surface area (Å²) in [6.45, 7) is 8.20. The summed E-state index contributed by atoms with van der Waals surface area (Å²) in [4.78, 5) is 5.43. The number of hydrogen-bond donors (Lipinski definition) is 2. The minimum atomic E-state index is -3.50. The molecule has 1 aliphatic heterocycles. The monoisotopic (exact) mass is 395 g/mol. The molecule has 146 valence electrons. The first-order valence-corrected chi connectivity index (χ1v) is 12.1. The van der Waals surface area contributed by atoms with Gasteiger partial charge in [-0.1, -0.05) is 75.7 Å². The number of rotatable bonds is 8. The predicted molar refractivity (Wildman–Crippen MR) is 118 cm³/mol. The molecule has 0 bridgehead atoms. The maximum atomic E-state index is 14.9. The Morgan fingerprint density at radius 3 is 2.42 bits per heavy atom. The molecule has 2 N–H and O–H groups in total. The SMILES string of the molecule is CCCCCC(C)S(=O)(Cc1ccccc1)(NC)C1=NC(C)(C)C(=S)N1. The summed E-state index contributed by atoms with van der Waals surface area (Å²) >= 11 is 5.48. The number of nitrogens with one attached hydrogen (secondary N) is 2. The van der Waals surface area contributed by atoms with Crippen LogP contribution < -0.4 is 10.0 Å². The zero-order valence-electron chi connectivity index (χ0n) is 16.7. The second kappa shape index (κ2) is 7.87. The topological polar surface area (TPSA) is 53.5 Å². The van der Waals surface area contributed by atoms with Gasteiger partial charge in [0.1, 0.15) is 10.5 Å². The highest BCUT2D eigenvalue weighted by Gasteiger charge is 2.50. The third-order valence-electron chi connectivity index (χ3n) is 5.39. The molecule has 0 amide bonds. The van der Waals surface area contributed by atoms with E-state index in [0.29, 0.717) is 15.9 Å². The highest BCUT2D eigenvalue weighted by atomic mass is 32.3. The normalized spacial score (nSPS) is 19.3. The van der Waals surface area contributed by atoms with Gasteiger partial charge >= 0.3 is 0 Å². The van der Waals surface area contributed by atoms with Gasteiger partial charge in [-0.2, -0.15) is 0 Å². The zero-order chi connectivity index (χ0) is 19.4. The van der Waals surface area contributed by atoms with Crippen molar-refractivity contribution in [2.75, 3.05) is 7.05 Å². The molecule has 1 aliphatic rings. The molecule has 1 unspecified atom stereocenters. The van der Waals surface area contributed by atoms with Crippen molar-refractivity contribution in [3.05, 3.63) is 35.9 Å². The van der Waals surface area contributed by atoms with Crippen LogP contribution in [0.3, 0.4) is 0 Å². The molecule has 0 saturated heterocycles. The van der Waals surface area contributed by atoms with E-state index in [1.54, 1.807) is 7.05 Å². The Labute approximate surface area is 163 Å². The van der Waals surface area contributed by atoms with E-state index in [4.69, 9.17) is 17.2 Å². The molecule has 0 fully saturated rings. The van der Waals surface area contributed by atoms with Gasteiger partial charge in [0.2, 0.25) is 0 Å². The van der Waals surface area contributed by atoms with Crippen LogP contribution in [0.4, 0.5) is 0 Å². The van der Waals surface area contributed by atoms with Crippen LogP contribution in [-0.4, -0.2) is 32.2 Å². The fourth-order valence-corrected chi connectivity index (χ4v) is 7.43. The average molecular weight is 396 g/mol. The fraction of sp³-hybridized carbons (Fsp3) is 0.600. The molecule has 1 aromatic rings. The van der Waals surface area contributed by atoms with Gasteiger partial charge in [-0.25, -0.2) is 4.99 Å². The maximum Gasteiger partial charge on any atom is 0.184 e. The number of benzene rings is 1.